The van der Waals surface area contributed by atoms with Crippen LogP contribution in [0.2, 0.25) is 0 Å². The lowest BCUT2D eigenvalue weighted by molar-refractivity contribution is -0.388. The van der Waals surface area contributed by atoms with Crippen molar-refractivity contribution in [2.24, 2.45) is 13.0 Å². The first kappa shape index (κ1) is 22.9. The summed E-state index contributed by atoms with van der Waals surface area (Å²) >= 11 is 2.72. The normalized spacial score (nSPS) is 17.5. The van der Waals surface area contributed by atoms with E-state index < -0.39 is 14.9 Å². The lowest BCUT2D eigenvalue weighted by atomic mass is 10.0. The molecular formula is C20H23N5O4S3. The minimum Gasteiger partial charge on any atom is -0.309 e. The molecule has 1 unspecified atom stereocenters. The van der Waals surface area contributed by atoms with Crippen LogP contribution in [-0.4, -0.2) is 45.5 Å². The summed E-state index contributed by atoms with van der Waals surface area (Å²) in [5.74, 6) is 1.01. The van der Waals surface area contributed by atoms with E-state index in [9.17, 15) is 18.5 Å². The van der Waals surface area contributed by atoms with Gasteiger partial charge in [0.15, 0.2) is 5.16 Å². The first-order valence-corrected chi connectivity index (χ1v) is 13.3. The van der Waals surface area contributed by atoms with Crippen molar-refractivity contribution in [2.45, 2.75) is 41.1 Å². The van der Waals surface area contributed by atoms with Crippen LogP contribution >= 0.6 is 23.1 Å². The number of nitro benzene ring substituents is 1. The molecule has 170 valence electrons. The standard InChI is InChI=1S/C20H23N5O4S3/c1-14-5-3-9-24(13-14)32(28,29)16-7-8-18(17(12-16)25(26)27)31-20-22-21-19(23(20)2)11-15-6-4-10-30-15/h4,6-8,10,12,14H,3,5,9,11,13H2,1-2H3. The summed E-state index contributed by atoms with van der Waals surface area (Å²) in [6.07, 6.45) is 2.39. The monoisotopic (exact) mass is 493 g/mol. The summed E-state index contributed by atoms with van der Waals surface area (Å²) in [6.45, 7) is 2.87. The Bertz CT molecular complexity index is 1220. The quantitative estimate of drug-likeness (QED) is 0.362. The number of hydrogen-bond acceptors (Lipinski definition) is 8. The number of rotatable bonds is 7. The highest BCUT2D eigenvalue weighted by atomic mass is 32.2. The maximum atomic E-state index is 13.1. The predicted octanol–water partition coefficient (Wildman–Crippen LogP) is 3.95. The van der Waals surface area contributed by atoms with E-state index in [0.29, 0.717) is 29.6 Å². The summed E-state index contributed by atoms with van der Waals surface area (Å²) < 4.78 is 29.3. The van der Waals surface area contributed by atoms with Gasteiger partial charge in [-0.25, -0.2) is 8.42 Å². The molecule has 1 aliphatic rings. The Morgan fingerprint density at radius 1 is 1.31 bits per heavy atom. The second kappa shape index (κ2) is 9.30. The fourth-order valence-corrected chi connectivity index (χ4v) is 6.87. The van der Waals surface area contributed by atoms with Crippen LogP contribution in [0.4, 0.5) is 5.69 Å². The predicted molar refractivity (Wildman–Crippen MR) is 123 cm³/mol. The van der Waals surface area contributed by atoms with E-state index in [1.807, 2.05) is 31.5 Å². The van der Waals surface area contributed by atoms with Crippen molar-refractivity contribution in [3.8, 4) is 0 Å². The zero-order chi connectivity index (χ0) is 22.9. The van der Waals surface area contributed by atoms with Gasteiger partial charge in [-0.2, -0.15) is 4.31 Å². The highest BCUT2D eigenvalue weighted by Gasteiger charge is 2.31. The average molecular weight is 494 g/mol. The van der Waals surface area contributed by atoms with Crippen LogP contribution in [0.3, 0.4) is 0 Å². The first-order valence-electron chi connectivity index (χ1n) is 10.1. The molecule has 3 heterocycles. The molecule has 12 heteroatoms. The number of aromatic nitrogens is 3. The molecule has 3 aromatic rings. The van der Waals surface area contributed by atoms with Crippen LogP contribution < -0.4 is 0 Å². The van der Waals surface area contributed by atoms with Crippen LogP contribution in [-0.2, 0) is 23.5 Å². The third-order valence-electron chi connectivity index (χ3n) is 5.42. The van der Waals surface area contributed by atoms with Gasteiger partial charge in [0.25, 0.3) is 5.69 Å². The number of thiophene rings is 1. The molecule has 0 aliphatic carbocycles. The zero-order valence-electron chi connectivity index (χ0n) is 17.7. The molecule has 0 amide bonds. The van der Waals surface area contributed by atoms with E-state index in [-0.39, 0.29) is 16.5 Å². The fraction of sp³-hybridized carbons (Fsp3) is 0.400. The number of nitro groups is 1. The molecular weight excluding hydrogens is 470 g/mol. The second-order valence-electron chi connectivity index (χ2n) is 7.81. The fourth-order valence-electron chi connectivity index (χ4n) is 3.66. The number of nitrogens with zero attached hydrogens (tertiary/aromatic N) is 5. The van der Waals surface area contributed by atoms with E-state index in [4.69, 9.17) is 0 Å². The Kier molecular flexibility index (Phi) is 6.65. The van der Waals surface area contributed by atoms with Crippen LogP contribution in [0, 0.1) is 16.0 Å². The lowest BCUT2D eigenvalue weighted by Crippen LogP contribution is -2.39. The molecule has 2 aromatic heterocycles. The van der Waals surface area contributed by atoms with Crippen molar-refractivity contribution in [2.75, 3.05) is 13.1 Å². The van der Waals surface area contributed by atoms with Crippen molar-refractivity contribution in [1.82, 2.24) is 19.1 Å². The molecule has 0 N–H and O–H groups in total. The second-order valence-corrected chi connectivity index (χ2v) is 11.8. The Morgan fingerprint density at radius 3 is 2.81 bits per heavy atom. The highest BCUT2D eigenvalue weighted by Crippen LogP contribution is 2.36. The van der Waals surface area contributed by atoms with E-state index in [1.165, 1.54) is 16.4 Å². The van der Waals surface area contributed by atoms with Crippen LogP contribution in [0.15, 0.2) is 50.7 Å². The Hall–Kier alpha value is -2.28. The maximum absolute atomic E-state index is 13.1. The van der Waals surface area contributed by atoms with Crippen molar-refractivity contribution < 1.29 is 13.3 Å². The summed E-state index contributed by atoms with van der Waals surface area (Å²) in [7, 11) is -1.97. The largest absolute Gasteiger partial charge is 0.309 e. The van der Waals surface area contributed by atoms with Crippen molar-refractivity contribution in [3.63, 3.8) is 0 Å². The third-order valence-corrected chi connectivity index (χ3v) is 9.26. The van der Waals surface area contributed by atoms with E-state index in [0.717, 1.165) is 41.4 Å². The molecule has 9 nitrogen and oxygen atoms in total. The molecule has 0 bridgehead atoms. The molecule has 1 saturated heterocycles. The van der Waals surface area contributed by atoms with E-state index in [1.54, 1.807) is 15.9 Å². The lowest BCUT2D eigenvalue weighted by Gasteiger charge is -2.30. The first-order chi connectivity index (χ1) is 15.3. The number of hydrogen-bond donors (Lipinski definition) is 0. The molecule has 32 heavy (non-hydrogen) atoms. The molecule has 0 spiro atoms. The van der Waals surface area contributed by atoms with Gasteiger partial charge in [0.05, 0.1) is 14.7 Å². The minimum atomic E-state index is -3.79. The van der Waals surface area contributed by atoms with Gasteiger partial charge in [0.2, 0.25) is 10.0 Å². The van der Waals surface area contributed by atoms with E-state index in [2.05, 4.69) is 10.2 Å². The Balaban J connectivity index is 1.60. The van der Waals surface area contributed by atoms with Crippen molar-refractivity contribution >= 4 is 38.8 Å². The SMILES string of the molecule is CC1CCCN(S(=O)(=O)c2ccc(Sc3nnc(Cc4cccs4)n3C)c([N+](=O)[O-])c2)C1. The minimum absolute atomic E-state index is 0.0565. The van der Waals surface area contributed by atoms with Gasteiger partial charge in [-0.05, 0) is 54.1 Å². The van der Waals surface area contributed by atoms with Gasteiger partial charge in [0.1, 0.15) is 5.82 Å². The van der Waals surface area contributed by atoms with Gasteiger partial charge in [-0.1, -0.05) is 13.0 Å². The summed E-state index contributed by atoms with van der Waals surface area (Å²) in [4.78, 5) is 12.6. The molecule has 0 saturated carbocycles. The molecule has 1 aromatic carbocycles. The van der Waals surface area contributed by atoms with Crippen molar-refractivity contribution in [3.05, 3.63) is 56.5 Å². The van der Waals surface area contributed by atoms with Crippen LogP contribution in [0.25, 0.3) is 0 Å². The third kappa shape index (κ3) is 4.72. The van der Waals surface area contributed by atoms with Gasteiger partial charge in [0, 0.05) is 37.5 Å². The maximum Gasteiger partial charge on any atom is 0.284 e. The molecule has 1 fully saturated rings. The van der Waals surface area contributed by atoms with Crippen molar-refractivity contribution in [1.29, 1.82) is 0 Å². The Morgan fingerprint density at radius 2 is 2.12 bits per heavy atom. The number of piperidine rings is 1. The highest BCUT2D eigenvalue weighted by molar-refractivity contribution is 7.99. The summed E-state index contributed by atoms with van der Waals surface area (Å²) in [6, 6.07) is 8.05. The topological polar surface area (TPSA) is 111 Å². The Labute approximate surface area is 194 Å². The van der Waals surface area contributed by atoms with Crippen LogP contribution in [0.5, 0.6) is 0 Å². The van der Waals surface area contributed by atoms with Gasteiger partial charge in [-0.15, -0.1) is 21.5 Å². The molecule has 1 atom stereocenters. The smallest absolute Gasteiger partial charge is 0.284 e. The van der Waals surface area contributed by atoms with Gasteiger partial charge < -0.3 is 4.57 Å². The summed E-state index contributed by atoms with van der Waals surface area (Å²) in [5.41, 5.74) is -0.260. The number of sulfonamides is 1. The van der Waals surface area contributed by atoms with E-state index >= 15 is 0 Å². The molecule has 1 aliphatic heterocycles. The van der Waals surface area contributed by atoms with Crippen LogP contribution in [0.1, 0.15) is 30.5 Å². The zero-order valence-corrected chi connectivity index (χ0v) is 20.1. The summed E-state index contributed by atoms with van der Waals surface area (Å²) in [5, 5.41) is 22.6. The average Bonchev–Trinajstić information content (AvgIpc) is 3.39. The molecule has 0 radical (unpaired) electrons. The van der Waals surface area contributed by atoms with Gasteiger partial charge in [-0.3, -0.25) is 10.1 Å². The van der Waals surface area contributed by atoms with Gasteiger partial charge >= 0.3 is 0 Å². The molecule has 4 rings (SSSR count). The number of benzene rings is 1.